The smallest absolute Gasteiger partial charge is 0.254 e. The molecule has 0 radical (unpaired) electrons. The Hall–Kier alpha value is -1.49. The van der Waals surface area contributed by atoms with Crippen molar-refractivity contribution in [3.8, 4) is 0 Å². The minimum absolute atomic E-state index is 0.239. The van der Waals surface area contributed by atoms with E-state index in [1.54, 1.807) is 0 Å². The van der Waals surface area contributed by atoms with Crippen molar-refractivity contribution < 1.29 is 13.6 Å². The number of hydrogen-bond acceptors (Lipinski definition) is 2. The van der Waals surface area contributed by atoms with Gasteiger partial charge in [-0.3, -0.25) is 4.79 Å². The molecular weight excluding hydrogens is 250 g/mol. The highest BCUT2D eigenvalue weighted by molar-refractivity contribution is 5.94. The van der Waals surface area contributed by atoms with Gasteiger partial charge < -0.3 is 10.6 Å². The van der Waals surface area contributed by atoms with Crippen molar-refractivity contribution in [1.29, 1.82) is 0 Å². The molecule has 1 unspecified atom stereocenters. The summed E-state index contributed by atoms with van der Waals surface area (Å²) in [7, 11) is 0. The van der Waals surface area contributed by atoms with E-state index >= 15 is 0 Å². The lowest BCUT2D eigenvalue weighted by Crippen LogP contribution is -2.37. The highest BCUT2D eigenvalue weighted by Crippen LogP contribution is 2.12. The number of carbonyl (C=O) groups excluding carboxylic acids is 1. The van der Waals surface area contributed by atoms with Crippen LogP contribution < -0.4 is 10.6 Å². The van der Waals surface area contributed by atoms with E-state index in [9.17, 15) is 13.6 Å². The van der Waals surface area contributed by atoms with E-state index in [4.69, 9.17) is 0 Å². The van der Waals surface area contributed by atoms with Gasteiger partial charge in [0.15, 0.2) is 11.6 Å². The molecule has 1 saturated heterocycles. The molecule has 0 spiro atoms. The number of amides is 1. The van der Waals surface area contributed by atoms with Crippen molar-refractivity contribution in [3.63, 3.8) is 0 Å². The molecule has 1 amide bonds. The summed E-state index contributed by atoms with van der Waals surface area (Å²) in [5, 5.41) is 6.00. The van der Waals surface area contributed by atoms with Crippen LogP contribution in [0.2, 0.25) is 0 Å². The number of piperidine rings is 1. The van der Waals surface area contributed by atoms with Crippen LogP contribution in [0.3, 0.4) is 0 Å². The molecule has 1 aromatic rings. The first-order valence-electron chi connectivity index (χ1n) is 6.64. The molecule has 3 nitrogen and oxygen atoms in total. The van der Waals surface area contributed by atoms with Gasteiger partial charge in [0.05, 0.1) is 5.56 Å². The second-order valence-electron chi connectivity index (χ2n) is 4.79. The molecule has 1 fully saturated rings. The second-order valence-corrected chi connectivity index (χ2v) is 4.79. The predicted molar refractivity (Wildman–Crippen MR) is 68.9 cm³/mol. The zero-order chi connectivity index (χ0) is 13.7. The summed E-state index contributed by atoms with van der Waals surface area (Å²) in [5.41, 5.74) is -0.239. The third kappa shape index (κ3) is 3.73. The van der Waals surface area contributed by atoms with Crippen molar-refractivity contribution in [2.45, 2.75) is 31.7 Å². The van der Waals surface area contributed by atoms with Crippen LogP contribution in [0.5, 0.6) is 0 Å². The summed E-state index contributed by atoms with van der Waals surface area (Å²) in [5.74, 6) is -2.65. The van der Waals surface area contributed by atoms with Gasteiger partial charge in [0.25, 0.3) is 5.91 Å². The van der Waals surface area contributed by atoms with Gasteiger partial charge in [-0.2, -0.15) is 0 Å². The van der Waals surface area contributed by atoms with Crippen LogP contribution in [0.1, 0.15) is 36.0 Å². The first-order chi connectivity index (χ1) is 9.18. The van der Waals surface area contributed by atoms with E-state index in [2.05, 4.69) is 10.6 Å². The van der Waals surface area contributed by atoms with Gasteiger partial charge in [-0.1, -0.05) is 12.5 Å². The molecule has 1 atom stereocenters. The van der Waals surface area contributed by atoms with E-state index in [1.807, 2.05) is 0 Å². The Morgan fingerprint density at radius 2 is 2.21 bits per heavy atom. The van der Waals surface area contributed by atoms with Crippen LogP contribution in [-0.2, 0) is 0 Å². The Bertz CT molecular complexity index is 445. The molecule has 19 heavy (non-hydrogen) atoms. The van der Waals surface area contributed by atoms with E-state index in [0.717, 1.165) is 25.5 Å². The van der Waals surface area contributed by atoms with Crippen LogP contribution >= 0.6 is 0 Å². The van der Waals surface area contributed by atoms with Gasteiger partial charge in [-0.05, 0) is 37.9 Å². The van der Waals surface area contributed by atoms with Crippen LogP contribution in [-0.4, -0.2) is 25.0 Å². The molecule has 1 aliphatic rings. The Morgan fingerprint density at radius 1 is 1.37 bits per heavy atom. The number of halogens is 2. The lowest BCUT2D eigenvalue weighted by molar-refractivity contribution is 0.0946. The maximum Gasteiger partial charge on any atom is 0.254 e. The minimum Gasteiger partial charge on any atom is -0.352 e. The van der Waals surface area contributed by atoms with Gasteiger partial charge >= 0.3 is 0 Å². The number of carbonyl (C=O) groups is 1. The third-order valence-electron chi connectivity index (χ3n) is 3.39. The lowest BCUT2D eigenvalue weighted by Gasteiger charge is -2.23. The molecule has 1 heterocycles. The number of rotatable bonds is 4. The second kappa shape index (κ2) is 6.61. The van der Waals surface area contributed by atoms with Gasteiger partial charge in [-0.25, -0.2) is 8.78 Å². The molecular formula is C14H18F2N2O. The van der Waals surface area contributed by atoms with Crippen LogP contribution in [0.4, 0.5) is 8.78 Å². The van der Waals surface area contributed by atoms with Gasteiger partial charge in [-0.15, -0.1) is 0 Å². The predicted octanol–water partition coefficient (Wildman–Crippen LogP) is 2.23. The van der Waals surface area contributed by atoms with Crippen molar-refractivity contribution in [2.75, 3.05) is 13.1 Å². The molecule has 1 aliphatic heterocycles. The van der Waals surface area contributed by atoms with E-state index in [-0.39, 0.29) is 5.56 Å². The highest BCUT2D eigenvalue weighted by atomic mass is 19.2. The molecule has 0 saturated carbocycles. The van der Waals surface area contributed by atoms with Crippen LogP contribution in [0.25, 0.3) is 0 Å². The van der Waals surface area contributed by atoms with Crippen molar-refractivity contribution in [2.24, 2.45) is 0 Å². The molecule has 0 aromatic heterocycles. The topological polar surface area (TPSA) is 41.1 Å². The number of benzene rings is 1. The zero-order valence-electron chi connectivity index (χ0n) is 10.7. The summed E-state index contributed by atoms with van der Waals surface area (Å²) < 4.78 is 26.4. The zero-order valence-corrected chi connectivity index (χ0v) is 10.7. The third-order valence-corrected chi connectivity index (χ3v) is 3.39. The summed E-state index contributed by atoms with van der Waals surface area (Å²) in [6.45, 7) is 1.48. The minimum atomic E-state index is -1.09. The molecule has 104 valence electrons. The van der Waals surface area contributed by atoms with Crippen molar-refractivity contribution in [3.05, 3.63) is 35.4 Å². The van der Waals surface area contributed by atoms with Crippen molar-refractivity contribution >= 4 is 5.91 Å². The fourth-order valence-electron chi connectivity index (χ4n) is 2.30. The molecule has 0 bridgehead atoms. The molecule has 5 heteroatoms. The highest BCUT2D eigenvalue weighted by Gasteiger charge is 2.16. The van der Waals surface area contributed by atoms with Gasteiger partial charge in [0, 0.05) is 12.6 Å². The summed E-state index contributed by atoms with van der Waals surface area (Å²) in [6, 6.07) is 4.02. The largest absolute Gasteiger partial charge is 0.352 e. The van der Waals surface area contributed by atoms with Crippen LogP contribution in [0, 0.1) is 11.6 Å². The fraction of sp³-hybridized carbons (Fsp3) is 0.500. The normalized spacial score (nSPS) is 19.2. The maximum absolute atomic E-state index is 13.4. The average molecular weight is 268 g/mol. The van der Waals surface area contributed by atoms with E-state index < -0.39 is 17.5 Å². The molecule has 2 N–H and O–H groups in total. The van der Waals surface area contributed by atoms with Crippen LogP contribution in [0.15, 0.2) is 18.2 Å². The summed E-state index contributed by atoms with van der Waals surface area (Å²) >= 11 is 0. The Balaban J connectivity index is 1.82. The van der Waals surface area contributed by atoms with E-state index in [1.165, 1.54) is 25.0 Å². The number of hydrogen-bond donors (Lipinski definition) is 2. The molecule has 1 aromatic carbocycles. The average Bonchev–Trinajstić information content (AvgIpc) is 2.43. The molecule has 2 rings (SSSR count). The Kier molecular flexibility index (Phi) is 4.85. The van der Waals surface area contributed by atoms with Gasteiger partial charge in [0.1, 0.15) is 0 Å². The Labute approximate surface area is 111 Å². The monoisotopic (exact) mass is 268 g/mol. The van der Waals surface area contributed by atoms with E-state index in [0.29, 0.717) is 12.6 Å². The number of nitrogens with one attached hydrogen (secondary N) is 2. The first-order valence-corrected chi connectivity index (χ1v) is 6.64. The molecule has 0 aliphatic carbocycles. The maximum atomic E-state index is 13.4. The standard InChI is InChI=1S/C14H18F2N2O/c15-12-6-3-5-11(13(12)16)14(19)18-9-7-10-4-1-2-8-17-10/h3,5-6,10,17H,1-2,4,7-9H2,(H,18,19). The van der Waals surface area contributed by atoms with Gasteiger partial charge in [0.2, 0.25) is 0 Å². The first kappa shape index (κ1) is 13.9. The fourth-order valence-corrected chi connectivity index (χ4v) is 2.30. The van der Waals surface area contributed by atoms with Crippen molar-refractivity contribution in [1.82, 2.24) is 10.6 Å². The summed E-state index contributed by atoms with van der Waals surface area (Å²) in [6.07, 6.45) is 4.30. The summed E-state index contributed by atoms with van der Waals surface area (Å²) in [4.78, 5) is 11.7. The Morgan fingerprint density at radius 3 is 2.95 bits per heavy atom. The lowest BCUT2D eigenvalue weighted by atomic mass is 10.0. The SMILES string of the molecule is O=C(NCCC1CCCCN1)c1cccc(F)c1F. The quantitative estimate of drug-likeness (QED) is 0.879.